The van der Waals surface area contributed by atoms with Crippen molar-refractivity contribution in [3.05, 3.63) is 0 Å². The molecule has 0 saturated carbocycles. The second-order valence-electron chi connectivity index (χ2n) is 7.56. The Hall–Kier alpha value is -1.79. The number of rotatable bonds is 3. The highest BCUT2D eigenvalue weighted by molar-refractivity contribution is 5.82. The third kappa shape index (κ3) is 4.39. The number of piperidine rings is 1. The molecule has 0 spiro atoms. The van der Waals surface area contributed by atoms with E-state index in [0.29, 0.717) is 32.7 Å². The number of nitrogens with zero attached hydrogens (tertiary/aromatic N) is 2. The number of amides is 3. The van der Waals surface area contributed by atoms with Crippen LogP contribution in [0.15, 0.2) is 0 Å². The number of hydrogen-bond donors (Lipinski definition) is 1. The third-order valence-electron chi connectivity index (χ3n) is 4.59. The fraction of sp³-hybridized carbons (Fsp3) is 0.824. The minimum Gasteiger partial charge on any atom is -0.466 e. The van der Waals surface area contributed by atoms with Gasteiger partial charge in [0.1, 0.15) is 0 Å². The van der Waals surface area contributed by atoms with Gasteiger partial charge in [-0.05, 0) is 40.5 Å². The maximum atomic E-state index is 12.5. The van der Waals surface area contributed by atoms with Crippen LogP contribution in [0, 0.1) is 5.92 Å². The number of esters is 1. The molecule has 0 aromatic heterocycles. The SMILES string of the molecule is CCOC(=O)C1CCCN(C(=O)NC2CC(=O)N(C(C)(C)C)C2)C1. The van der Waals surface area contributed by atoms with E-state index >= 15 is 0 Å². The zero-order chi connectivity index (χ0) is 17.9. The van der Waals surface area contributed by atoms with Crippen LogP contribution in [-0.4, -0.2) is 65.5 Å². The van der Waals surface area contributed by atoms with Crippen LogP contribution < -0.4 is 5.32 Å². The van der Waals surface area contributed by atoms with E-state index < -0.39 is 0 Å². The summed E-state index contributed by atoms with van der Waals surface area (Å²) in [6.45, 7) is 9.65. The van der Waals surface area contributed by atoms with Crippen molar-refractivity contribution < 1.29 is 19.1 Å². The quantitative estimate of drug-likeness (QED) is 0.788. The topological polar surface area (TPSA) is 79.0 Å². The molecule has 7 nitrogen and oxygen atoms in total. The molecule has 0 bridgehead atoms. The summed E-state index contributed by atoms with van der Waals surface area (Å²) in [4.78, 5) is 39.9. The van der Waals surface area contributed by atoms with Crippen LogP contribution in [0.25, 0.3) is 0 Å². The van der Waals surface area contributed by atoms with Crippen LogP contribution in [0.3, 0.4) is 0 Å². The summed E-state index contributed by atoms with van der Waals surface area (Å²) >= 11 is 0. The zero-order valence-electron chi connectivity index (χ0n) is 15.1. The molecule has 2 unspecified atom stereocenters. The van der Waals surface area contributed by atoms with Crippen molar-refractivity contribution in [2.45, 2.75) is 58.5 Å². The van der Waals surface area contributed by atoms with E-state index in [-0.39, 0.29) is 35.4 Å². The van der Waals surface area contributed by atoms with Crippen LogP contribution >= 0.6 is 0 Å². The first-order valence-electron chi connectivity index (χ1n) is 8.75. The van der Waals surface area contributed by atoms with Crippen molar-refractivity contribution in [2.24, 2.45) is 5.92 Å². The summed E-state index contributed by atoms with van der Waals surface area (Å²) in [5, 5.41) is 2.94. The van der Waals surface area contributed by atoms with Crippen LogP contribution in [-0.2, 0) is 14.3 Å². The van der Waals surface area contributed by atoms with E-state index in [4.69, 9.17) is 4.74 Å². The Kier molecular flexibility index (Phi) is 5.72. The average Bonchev–Trinajstić information content (AvgIpc) is 2.88. The van der Waals surface area contributed by atoms with Gasteiger partial charge in [-0.2, -0.15) is 0 Å². The first kappa shape index (κ1) is 18.5. The number of hydrogen-bond acceptors (Lipinski definition) is 4. The molecule has 2 aliphatic heterocycles. The molecule has 0 aromatic rings. The largest absolute Gasteiger partial charge is 0.466 e. The van der Waals surface area contributed by atoms with E-state index in [1.54, 1.807) is 16.7 Å². The Balaban J connectivity index is 1.88. The predicted octanol–water partition coefficient (Wildman–Crippen LogP) is 1.37. The van der Waals surface area contributed by atoms with Crippen LogP contribution in [0.2, 0.25) is 0 Å². The standard InChI is InChI=1S/C17H29N3O4/c1-5-24-15(22)12-7-6-8-19(10-12)16(23)18-13-9-14(21)20(11-13)17(2,3)4/h12-13H,5-11H2,1-4H3,(H,18,23). The van der Waals surface area contributed by atoms with Crippen molar-refractivity contribution >= 4 is 17.9 Å². The van der Waals surface area contributed by atoms with E-state index in [1.165, 1.54) is 0 Å². The minimum atomic E-state index is -0.249. The highest BCUT2D eigenvalue weighted by atomic mass is 16.5. The first-order chi connectivity index (χ1) is 11.2. The Morgan fingerprint density at radius 1 is 1.29 bits per heavy atom. The maximum absolute atomic E-state index is 12.5. The smallest absolute Gasteiger partial charge is 0.317 e. The molecule has 0 aliphatic carbocycles. The number of carbonyl (C=O) groups is 3. The van der Waals surface area contributed by atoms with E-state index in [0.717, 1.165) is 12.8 Å². The molecule has 7 heteroatoms. The maximum Gasteiger partial charge on any atom is 0.317 e. The van der Waals surface area contributed by atoms with Gasteiger partial charge in [-0.15, -0.1) is 0 Å². The number of carbonyl (C=O) groups excluding carboxylic acids is 3. The monoisotopic (exact) mass is 339 g/mol. The van der Waals surface area contributed by atoms with Crippen LogP contribution in [0.5, 0.6) is 0 Å². The molecule has 2 atom stereocenters. The van der Waals surface area contributed by atoms with Crippen LogP contribution in [0.4, 0.5) is 4.79 Å². The van der Waals surface area contributed by atoms with E-state index in [2.05, 4.69) is 5.32 Å². The Morgan fingerprint density at radius 2 is 2.00 bits per heavy atom. The summed E-state index contributed by atoms with van der Waals surface area (Å²) in [5.74, 6) is -0.415. The Morgan fingerprint density at radius 3 is 2.58 bits per heavy atom. The number of likely N-dealkylation sites (tertiary alicyclic amines) is 2. The number of ether oxygens (including phenoxy) is 1. The molecular weight excluding hydrogens is 310 g/mol. The second kappa shape index (κ2) is 7.40. The second-order valence-corrected chi connectivity index (χ2v) is 7.56. The third-order valence-corrected chi connectivity index (χ3v) is 4.59. The molecule has 2 aliphatic rings. The highest BCUT2D eigenvalue weighted by Crippen LogP contribution is 2.23. The van der Waals surface area contributed by atoms with Gasteiger partial charge in [-0.25, -0.2) is 4.79 Å². The Labute approximate surface area is 143 Å². The first-order valence-corrected chi connectivity index (χ1v) is 8.75. The fourth-order valence-corrected chi connectivity index (χ4v) is 3.33. The molecule has 0 aromatic carbocycles. The van der Waals surface area contributed by atoms with Crippen molar-refractivity contribution in [2.75, 3.05) is 26.2 Å². The van der Waals surface area contributed by atoms with Gasteiger partial charge >= 0.3 is 12.0 Å². The fourth-order valence-electron chi connectivity index (χ4n) is 3.33. The molecule has 24 heavy (non-hydrogen) atoms. The van der Waals surface area contributed by atoms with Gasteiger partial charge in [0.2, 0.25) is 5.91 Å². The summed E-state index contributed by atoms with van der Waals surface area (Å²) in [5.41, 5.74) is -0.239. The Bertz CT molecular complexity index is 501. The molecule has 2 fully saturated rings. The van der Waals surface area contributed by atoms with Gasteiger partial charge in [0.05, 0.1) is 18.6 Å². The van der Waals surface area contributed by atoms with Crippen LogP contribution in [0.1, 0.15) is 47.0 Å². The lowest BCUT2D eigenvalue weighted by Crippen LogP contribution is -2.51. The normalized spacial score (nSPS) is 24.9. The van der Waals surface area contributed by atoms with Gasteiger partial charge in [0.15, 0.2) is 0 Å². The van der Waals surface area contributed by atoms with E-state index in [1.807, 2.05) is 20.8 Å². The average molecular weight is 339 g/mol. The number of nitrogens with one attached hydrogen (secondary N) is 1. The molecule has 2 saturated heterocycles. The lowest BCUT2D eigenvalue weighted by Gasteiger charge is -2.33. The van der Waals surface area contributed by atoms with Crippen molar-refractivity contribution in [1.82, 2.24) is 15.1 Å². The van der Waals surface area contributed by atoms with Gasteiger partial charge in [-0.3, -0.25) is 9.59 Å². The molecule has 136 valence electrons. The number of urea groups is 1. The van der Waals surface area contributed by atoms with Gasteiger partial charge in [-0.1, -0.05) is 0 Å². The van der Waals surface area contributed by atoms with Gasteiger partial charge in [0, 0.05) is 31.6 Å². The summed E-state index contributed by atoms with van der Waals surface area (Å²) in [6.07, 6.45) is 1.87. The molecule has 1 N–H and O–H groups in total. The highest BCUT2D eigenvalue weighted by Gasteiger charge is 2.38. The summed E-state index contributed by atoms with van der Waals surface area (Å²) < 4.78 is 5.06. The summed E-state index contributed by atoms with van der Waals surface area (Å²) in [6, 6.07) is -0.371. The van der Waals surface area contributed by atoms with Gasteiger partial charge < -0.3 is 19.9 Å². The molecule has 2 heterocycles. The predicted molar refractivity (Wildman–Crippen MR) is 89.3 cm³/mol. The lowest BCUT2D eigenvalue weighted by molar-refractivity contribution is -0.149. The molecule has 0 radical (unpaired) electrons. The van der Waals surface area contributed by atoms with Gasteiger partial charge in [0.25, 0.3) is 0 Å². The summed E-state index contributed by atoms with van der Waals surface area (Å²) in [7, 11) is 0. The van der Waals surface area contributed by atoms with Crippen molar-refractivity contribution in [3.8, 4) is 0 Å². The lowest BCUT2D eigenvalue weighted by atomic mass is 9.98. The molecule has 2 rings (SSSR count). The molecule has 3 amide bonds. The van der Waals surface area contributed by atoms with Crippen molar-refractivity contribution in [3.63, 3.8) is 0 Å². The minimum absolute atomic E-state index is 0.0656. The van der Waals surface area contributed by atoms with Crippen molar-refractivity contribution in [1.29, 1.82) is 0 Å². The molecular formula is C17H29N3O4. The van der Waals surface area contributed by atoms with E-state index in [9.17, 15) is 14.4 Å². The zero-order valence-corrected chi connectivity index (χ0v) is 15.1.